The molecule has 0 spiro atoms. The van der Waals surface area contributed by atoms with Crippen molar-refractivity contribution in [2.45, 2.75) is 38.0 Å². The van der Waals surface area contributed by atoms with E-state index < -0.39 is 10.0 Å². The smallest absolute Gasteiger partial charge is 0.243 e. The summed E-state index contributed by atoms with van der Waals surface area (Å²) in [4.78, 5) is 25.7. The lowest BCUT2D eigenvalue weighted by molar-refractivity contribution is -0.131. The van der Waals surface area contributed by atoms with Gasteiger partial charge in [-0.2, -0.15) is 4.31 Å². The van der Waals surface area contributed by atoms with Crippen LogP contribution in [-0.4, -0.2) is 56.0 Å². The van der Waals surface area contributed by atoms with Crippen molar-refractivity contribution in [2.24, 2.45) is 5.92 Å². The molecule has 1 fully saturated rings. The molecule has 1 aliphatic rings. The fraction of sp³-hybridized carbons (Fsp3) is 0.556. The molecule has 0 heterocycles. The van der Waals surface area contributed by atoms with Gasteiger partial charge in [0.05, 0.1) is 11.4 Å². The van der Waals surface area contributed by atoms with Gasteiger partial charge in [0.25, 0.3) is 0 Å². The number of carbonyl (C=O) groups excluding carboxylic acids is 2. The predicted octanol–water partition coefficient (Wildman–Crippen LogP) is 2.16. The maximum atomic E-state index is 12.6. The van der Waals surface area contributed by atoms with Crippen LogP contribution in [0, 0.1) is 5.92 Å². The lowest BCUT2D eigenvalue weighted by atomic mass is 10.2. The first kappa shape index (κ1) is 19.6. The largest absolute Gasteiger partial charge is 0.341 e. The molecule has 1 aromatic rings. The van der Waals surface area contributed by atoms with E-state index in [0.29, 0.717) is 24.6 Å². The summed E-state index contributed by atoms with van der Waals surface area (Å²) in [6.07, 6.45) is 3.13. The number of Topliss-reactive ketones (excluding diaryl/α,β-unsaturated/α-hetero) is 1. The van der Waals surface area contributed by atoms with Crippen LogP contribution in [0.5, 0.6) is 0 Å². The Balaban J connectivity index is 2.07. The third kappa shape index (κ3) is 5.12. The van der Waals surface area contributed by atoms with Crippen molar-refractivity contribution in [2.75, 3.05) is 26.7 Å². The van der Waals surface area contributed by atoms with Crippen LogP contribution in [-0.2, 0) is 14.8 Å². The molecule has 1 aliphatic carbocycles. The number of hydrogen-bond donors (Lipinski definition) is 0. The lowest BCUT2D eigenvalue weighted by Gasteiger charge is -2.25. The third-order valence-electron chi connectivity index (χ3n) is 4.35. The van der Waals surface area contributed by atoms with E-state index in [-0.39, 0.29) is 23.1 Å². The van der Waals surface area contributed by atoms with Crippen LogP contribution < -0.4 is 0 Å². The predicted molar refractivity (Wildman–Crippen MR) is 95.9 cm³/mol. The SMILES string of the molecule is CCCN(CC1CC1)C(=O)CN(C)S(=O)(=O)c1ccc(C(C)=O)cc1. The Morgan fingerprint density at radius 1 is 1.16 bits per heavy atom. The molecule has 0 bridgehead atoms. The highest BCUT2D eigenvalue weighted by Crippen LogP contribution is 2.29. The molecule has 25 heavy (non-hydrogen) atoms. The van der Waals surface area contributed by atoms with E-state index in [4.69, 9.17) is 0 Å². The summed E-state index contributed by atoms with van der Waals surface area (Å²) in [5.74, 6) is 0.277. The molecule has 1 amide bonds. The van der Waals surface area contributed by atoms with E-state index >= 15 is 0 Å². The Morgan fingerprint density at radius 2 is 1.76 bits per heavy atom. The van der Waals surface area contributed by atoms with Gasteiger partial charge in [-0.15, -0.1) is 0 Å². The molecule has 1 aromatic carbocycles. The zero-order chi connectivity index (χ0) is 18.6. The molecule has 0 aromatic heterocycles. The van der Waals surface area contributed by atoms with Crippen molar-refractivity contribution >= 4 is 21.7 Å². The zero-order valence-electron chi connectivity index (χ0n) is 15.1. The molecule has 2 rings (SSSR count). The molecule has 1 saturated carbocycles. The Kier molecular flexibility index (Phi) is 6.35. The minimum Gasteiger partial charge on any atom is -0.341 e. The van der Waals surface area contributed by atoms with Crippen LogP contribution in [0.2, 0.25) is 0 Å². The number of nitrogens with zero attached hydrogens (tertiary/aromatic N) is 2. The van der Waals surface area contributed by atoms with Gasteiger partial charge in [-0.3, -0.25) is 9.59 Å². The molecular formula is C18H26N2O4S. The second-order valence-corrected chi connectivity index (χ2v) is 8.67. The van der Waals surface area contributed by atoms with Crippen molar-refractivity contribution in [3.8, 4) is 0 Å². The molecule has 138 valence electrons. The van der Waals surface area contributed by atoms with Gasteiger partial charge in [0.2, 0.25) is 15.9 Å². The van der Waals surface area contributed by atoms with E-state index in [0.717, 1.165) is 23.6 Å². The zero-order valence-corrected chi connectivity index (χ0v) is 15.9. The minimum atomic E-state index is -3.76. The Labute approximate surface area is 149 Å². The number of sulfonamides is 1. The highest BCUT2D eigenvalue weighted by molar-refractivity contribution is 7.89. The summed E-state index contributed by atoms with van der Waals surface area (Å²) >= 11 is 0. The van der Waals surface area contributed by atoms with Crippen LogP contribution in [0.4, 0.5) is 0 Å². The van der Waals surface area contributed by atoms with Gasteiger partial charge >= 0.3 is 0 Å². The fourth-order valence-electron chi connectivity index (χ4n) is 2.62. The minimum absolute atomic E-state index is 0.0806. The third-order valence-corrected chi connectivity index (χ3v) is 6.17. The summed E-state index contributed by atoms with van der Waals surface area (Å²) in [5.41, 5.74) is 0.455. The van der Waals surface area contributed by atoms with Gasteiger partial charge < -0.3 is 4.90 Å². The maximum Gasteiger partial charge on any atom is 0.243 e. The average molecular weight is 366 g/mol. The van der Waals surface area contributed by atoms with E-state index in [1.807, 2.05) is 6.92 Å². The van der Waals surface area contributed by atoms with Crippen molar-refractivity contribution in [3.63, 3.8) is 0 Å². The highest BCUT2D eigenvalue weighted by Gasteiger charge is 2.29. The van der Waals surface area contributed by atoms with E-state index in [1.165, 1.54) is 38.2 Å². The van der Waals surface area contributed by atoms with Crippen LogP contribution in [0.15, 0.2) is 29.2 Å². The summed E-state index contributed by atoms with van der Waals surface area (Å²) in [5, 5.41) is 0. The number of carbonyl (C=O) groups is 2. The normalized spacial score (nSPS) is 14.6. The molecule has 0 unspecified atom stereocenters. The summed E-state index contributed by atoms with van der Waals surface area (Å²) in [7, 11) is -2.35. The van der Waals surface area contributed by atoms with E-state index in [9.17, 15) is 18.0 Å². The molecule has 0 radical (unpaired) electrons. The maximum absolute atomic E-state index is 12.6. The second-order valence-electron chi connectivity index (χ2n) is 6.62. The van der Waals surface area contributed by atoms with Gasteiger partial charge in [-0.05, 0) is 44.2 Å². The molecule has 7 heteroatoms. The van der Waals surface area contributed by atoms with Crippen molar-refractivity contribution in [1.29, 1.82) is 0 Å². The Bertz CT molecular complexity index is 724. The van der Waals surface area contributed by atoms with E-state index in [1.54, 1.807) is 4.90 Å². The number of rotatable bonds is 9. The number of hydrogen-bond acceptors (Lipinski definition) is 4. The number of amides is 1. The quantitative estimate of drug-likeness (QED) is 0.628. The number of benzene rings is 1. The van der Waals surface area contributed by atoms with Crippen LogP contribution >= 0.6 is 0 Å². The van der Waals surface area contributed by atoms with Crippen molar-refractivity contribution in [1.82, 2.24) is 9.21 Å². The number of ketones is 1. The standard InChI is InChI=1S/C18H26N2O4S/c1-4-11-20(12-15-5-6-15)18(22)13-19(3)25(23,24)17-9-7-16(8-10-17)14(2)21/h7-10,15H,4-6,11-13H2,1-3H3. The van der Waals surface area contributed by atoms with Gasteiger partial charge in [-0.1, -0.05) is 19.1 Å². The highest BCUT2D eigenvalue weighted by atomic mass is 32.2. The molecule has 0 N–H and O–H groups in total. The van der Waals surface area contributed by atoms with Crippen molar-refractivity contribution in [3.05, 3.63) is 29.8 Å². The average Bonchev–Trinajstić information content (AvgIpc) is 3.38. The van der Waals surface area contributed by atoms with Crippen molar-refractivity contribution < 1.29 is 18.0 Å². The van der Waals surface area contributed by atoms with Gasteiger partial charge in [-0.25, -0.2) is 8.42 Å². The van der Waals surface area contributed by atoms with Crippen LogP contribution in [0.3, 0.4) is 0 Å². The van der Waals surface area contributed by atoms with Gasteiger partial charge in [0, 0.05) is 25.7 Å². The van der Waals surface area contributed by atoms with Crippen LogP contribution in [0.1, 0.15) is 43.5 Å². The number of likely N-dealkylation sites (N-methyl/N-ethyl adjacent to an activating group) is 1. The van der Waals surface area contributed by atoms with Gasteiger partial charge in [0.15, 0.2) is 5.78 Å². The molecular weight excluding hydrogens is 340 g/mol. The monoisotopic (exact) mass is 366 g/mol. The molecule has 0 saturated heterocycles. The first-order valence-corrected chi connectivity index (χ1v) is 10.0. The summed E-state index contributed by atoms with van der Waals surface area (Å²) in [6.45, 7) is 4.62. The van der Waals surface area contributed by atoms with Crippen LogP contribution in [0.25, 0.3) is 0 Å². The Hall–Kier alpha value is -1.73. The first-order chi connectivity index (χ1) is 11.8. The fourth-order valence-corrected chi connectivity index (χ4v) is 3.74. The summed E-state index contributed by atoms with van der Waals surface area (Å²) < 4.78 is 26.3. The topological polar surface area (TPSA) is 74.8 Å². The second kappa shape index (κ2) is 8.10. The van der Waals surface area contributed by atoms with Gasteiger partial charge in [0.1, 0.15) is 0 Å². The Morgan fingerprint density at radius 3 is 2.24 bits per heavy atom. The summed E-state index contributed by atoms with van der Waals surface area (Å²) in [6, 6.07) is 5.78. The van der Waals surface area contributed by atoms with E-state index in [2.05, 4.69) is 0 Å². The lowest BCUT2D eigenvalue weighted by Crippen LogP contribution is -2.42. The molecule has 6 nitrogen and oxygen atoms in total. The molecule has 0 atom stereocenters. The molecule has 0 aliphatic heterocycles. The first-order valence-electron chi connectivity index (χ1n) is 8.60.